The molecule has 19 heavy (non-hydrogen) atoms. The van der Waals surface area contributed by atoms with Crippen molar-refractivity contribution < 1.29 is 9.13 Å². The van der Waals surface area contributed by atoms with Gasteiger partial charge in [-0.2, -0.15) is 0 Å². The molecule has 0 fully saturated rings. The van der Waals surface area contributed by atoms with Crippen molar-refractivity contribution in [3.8, 4) is 11.3 Å². The Labute approximate surface area is 115 Å². The number of nitrogens with zero attached hydrogens (tertiary/aromatic N) is 2. The summed E-state index contributed by atoms with van der Waals surface area (Å²) in [6, 6.07) is 6.44. The molecule has 2 rings (SSSR count). The fourth-order valence-electron chi connectivity index (χ4n) is 1.59. The average molecular weight is 279 g/mol. The molecule has 0 saturated carbocycles. The maximum Gasteiger partial charge on any atom is 0.222 e. The van der Waals surface area contributed by atoms with Gasteiger partial charge in [-0.25, -0.2) is 14.4 Å². The van der Waals surface area contributed by atoms with Crippen LogP contribution in [0.15, 0.2) is 43.1 Å². The second kappa shape index (κ2) is 6.41. The Kier molecular flexibility index (Phi) is 4.60. The van der Waals surface area contributed by atoms with E-state index in [4.69, 9.17) is 16.3 Å². The Balaban J connectivity index is 2.27. The highest BCUT2D eigenvalue weighted by Gasteiger charge is 2.07. The summed E-state index contributed by atoms with van der Waals surface area (Å²) in [5, 5.41) is 0.159. The standard InChI is InChI=1S/C14H12ClFN2O/c1-2-7-19-9-11-8-10(3-4-12(11)16)13-5-6-17-14(15)18-13/h2-6,8H,1,7,9H2. The molecule has 98 valence electrons. The van der Waals surface area contributed by atoms with Gasteiger partial charge in [-0.05, 0) is 35.9 Å². The molecule has 0 radical (unpaired) electrons. The highest BCUT2D eigenvalue weighted by Crippen LogP contribution is 2.21. The Morgan fingerprint density at radius 2 is 2.21 bits per heavy atom. The molecule has 0 spiro atoms. The average Bonchev–Trinajstić information content (AvgIpc) is 2.41. The molecular weight excluding hydrogens is 267 g/mol. The largest absolute Gasteiger partial charge is 0.373 e. The number of hydrogen-bond donors (Lipinski definition) is 0. The molecule has 0 aliphatic rings. The molecule has 0 aliphatic heterocycles. The second-order valence-electron chi connectivity index (χ2n) is 3.82. The fourth-order valence-corrected chi connectivity index (χ4v) is 1.74. The molecule has 0 unspecified atom stereocenters. The molecular formula is C14H12ClFN2O. The summed E-state index contributed by atoms with van der Waals surface area (Å²) in [5.41, 5.74) is 1.88. The first-order valence-electron chi connectivity index (χ1n) is 5.66. The van der Waals surface area contributed by atoms with Gasteiger partial charge in [-0.3, -0.25) is 0 Å². The molecule has 1 aromatic heterocycles. The van der Waals surface area contributed by atoms with Crippen LogP contribution in [0.2, 0.25) is 5.28 Å². The van der Waals surface area contributed by atoms with Crippen LogP contribution < -0.4 is 0 Å². The van der Waals surface area contributed by atoms with Gasteiger partial charge in [-0.1, -0.05) is 6.08 Å². The van der Waals surface area contributed by atoms with Gasteiger partial charge in [0, 0.05) is 17.3 Å². The van der Waals surface area contributed by atoms with Crippen LogP contribution in [0.5, 0.6) is 0 Å². The molecule has 0 amide bonds. The minimum Gasteiger partial charge on any atom is -0.373 e. The van der Waals surface area contributed by atoms with Crippen molar-refractivity contribution in [2.75, 3.05) is 6.61 Å². The van der Waals surface area contributed by atoms with Crippen LogP contribution in [0.4, 0.5) is 4.39 Å². The molecule has 2 aromatic rings. The third-order valence-electron chi connectivity index (χ3n) is 2.46. The lowest BCUT2D eigenvalue weighted by Gasteiger charge is -2.07. The normalized spacial score (nSPS) is 10.4. The van der Waals surface area contributed by atoms with Crippen LogP contribution in [0.25, 0.3) is 11.3 Å². The summed E-state index contributed by atoms with van der Waals surface area (Å²) in [5.74, 6) is -0.312. The first-order valence-corrected chi connectivity index (χ1v) is 6.04. The summed E-state index contributed by atoms with van der Waals surface area (Å²) in [6.07, 6.45) is 3.17. The second-order valence-corrected chi connectivity index (χ2v) is 4.16. The lowest BCUT2D eigenvalue weighted by Crippen LogP contribution is -1.97. The Bertz CT molecular complexity index is 589. The molecule has 0 bridgehead atoms. The highest BCUT2D eigenvalue weighted by molar-refractivity contribution is 6.28. The zero-order valence-electron chi connectivity index (χ0n) is 10.1. The van der Waals surface area contributed by atoms with Gasteiger partial charge in [0.2, 0.25) is 5.28 Å². The SMILES string of the molecule is C=CCOCc1cc(-c2ccnc(Cl)n2)ccc1F. The summed E-state index contributed by atoms with van der Waals surface area (Å²) >= 11 is 5.74. The van der Waals surface area contributed by atoms with E-state index >= 15 is 0 Å². The molecule has 0 atom stereocenters. The van der Waals surface area contributed by atoms with Gasteiger partial charge in [0.15, 0.2) is 0 Å². The topological polar surface area (TPSA) is 35.0 Å². The van der Waals surface area contributed by atoms with Crippen molar-refractivity contribution in [3.63, 3.8) is 0 Å². The minimum absolute atomic E-state index is 0.159. The van der Waals surface area contributed by atoms with Gasteiger partial charge >= 0.3 is 0 Å². The highest BCUT2D eigenvalue weighted by atomic mass is 35.5. The smallest absolute Gasteiger partial charge is 0.222 e. The van der Waals surface area contributed by atoms with E-state index in [-0.39, 0.29) is 17.7 Å². The molecule has 1 aromatic carbocycles. The summed E-state index contributed by atoms with van der Waals surface area (Å²) < 4.78 is 18.9. The van der Waals surface area contributed by atoms with Gasteiger partial charge in [0.05, 0.1) is 18.9 Å². The van der Waals surface area contributed by atoms with Gasteiger partial charge in [0.1, 0.15) is 5.82 Å². The van der Waals surface area contributed by atoms with Crippen LogP contribution in [0.3, 0.4) is 0 Å². The van der Waals surface area contributed by atoms with Crippen LogP contribution >= 0.6 is 11.6 Å². The maximum atomic E-state index is 13.6. The first-order chi connectivity index (χ1) is 9.20. The fraction of sp³-hybridized carbons (Fsp3) is 0.143. The number of hydrogen-bond acceptors (Lipinski definition) is 3. The van der Waals surface area contributed by atoms with E-state index in [0.717, 1.165) is 5.56 Å². The molecule has 0 aliphatic carbocycles. The predicted molar refractivity (Wildman–Crippen MR) is 72.3 cm³/mol. The van der Waals surface area contributed by atoms with E-state index in [1.807, 2.05) is 0 Å². The quantitative estimate of drug-likeness (QED) is 0.476. The summed E-state index contributed by atoms with van der Waals surface area (Å²) in [7, 11) is 0. The predicted octanol–water partition coefficient (Wildman–Crippen LogP) is 3.64. The van der Waals surface area contributed by atoms with Crippen molar-refractivity contribution >= 4 is 11.6 Å². The van der Waals surface area contributed by atoms with E-state index in [1.54, 1.807) is 30.5 Å². The Hall–Kier alpha value is -1.78. The number of halogens is 2. The summed E-state index contributed by atoms with van der Waals surface area (Å²) in [6.45, 7) is 4.10. The number of benzene rings is 1. The van der Waals surface area contributed by atoms with Crippen LogP contribution in [0.1, 0.15) is 5.56 Å². The van der Waals surface area contributed by atoms with Gasteiger partial charge in [-0.15, -0.1) is 6.58 Å². The molecule has 0 N–H and O–H groups in total. The number of rotatable bonds is 5. The summed E-state index contributed by atoms with van der Waals surface area (Å²) in [4.78, 5) is 7.90. The zero-order chi connectivity index (χ0) is 13.7. The first kappa shape index (κ1) is 13.6. The Morgan fingerprint density at radius 1 is 1.37 bits per heavy atom. The van der Waals surface area contributed by atoms with Crippen molar-refractivity contribution in [1.29, 1.82) is 0 Å². The maximum absolute atomic E-state index is 13.6. The Morgan fingerprint density at radius 3 is 2.95 bits per heavy atom. The lowest BCUT2D eigenvalue weighted by atomic mass is 10.1. The van der Waals surface area contributed by atoms with E-state index in [0.29, 0.717) is 17.9 Å². The number of ether oxygens (including phenoxy) is 1. The molecule has 1 heterocycles. The van der Waals surface area contributed by atoms with Gasteiger partial charge in [0.25, 0.3) is 0 Å². The molecule has 3 nitrogen and oxygen atoms in total. The monoisotopic (exact) mass is 278 g/mol. The van der Waals surface area contributed by atoms with Crippen molar-refractivity contribution in [2.45, 2.75) is 6.61 Å². The van der Waals surface area contributed by atoms with E-state index < -0.39 is 0 Å². The van der Waals surface area contributed by atoms with Crippen LogP contribution in [-0.4, -0.2) is 16.6 Å². The van der Waals surface area contributed by atoms with Gasteiger partial charge < -0.3 is 4.74 Å². The van der Waals surface area contributed by atoms with E-state index in [1.165, 1.54) is 6.07 Å². The minimum atomic E-state index is -0.312. The number of aromatic nitrogens is 2. The van der Waals surface area contributed by atoms with Crippen molar-refractivity contribution in [3.05, 3.63) is 59.8 Å². The lowest BCUT2D eigenvalue weighted by molar-refractivity contribution is 0.146. The zero-order valence-corrected chi connectivity index (χ0v) is 10.9. The molecule has 0 saturated heterocycles. The van der Waals surface area contributed by atoms with Crippen molar-refractivity contribution in [1.82, 2.24) is 9.97 Å². The van der Waals surface area contributed by atoms with Crippen molar-refractivity contribution in [2.24, 2.45) is 0 Å². The van der Waals surface area contributed by atoms with Crippen LogP contribution in [-0.2, 0) is 11.3 Å². The third-order valence-corrected chi connectivity index (χ3v) is 2.64. The van der Waals surface area contributed by atoms with Crippen LogP contribution in [0, 0.1) is 5.82 Å². The van der Waals surface area contributed by atoms with E-state index in [2.05, 4.69) is 16.5 Å². The third kappa shape index (κ3) is 3.59. The van der Waals surface area contributed by atoms with E-state index in [9.17, 15) is 4.39 Å². The molecule has 5 heteroatoms.